The van der Waals surface area contributed by atoms with E-state index in [-0.39, 0.29) is 17.0 Å². The third kappa shape index (κ3) is 1.97. The third-order valence-corrected chi connectivity index (χ3v) is 5.89. The lowest BCUT2D eigenvalue weighted by Crippen LogP contribution is -2.42. The highest BCUT2D eigenvalue weighted by Crippen LogP contribution is 2.38. The summed E-state index contributed by atoms with van der Waals surface area (Å²) in [4.78, 5) is 0.268. The van der Waals surface area contributed by atoms with Crippen LogP contribution in [0.1, 0.15) is 19.3 Å². The Morgan fingerprint density at radius 2 is 2.05 bits per heavy atom. The number of ether oxygens (including phenoxy) is 1. The van der Waals surface area contributed by atoms with Gasteiger partial charge in [0.2, 0.25) is 10.0 Å². The van der Waals surface area contributed by atoms with Gasteiger partial charge in [-0.25, -0.2) is 8.42 Å². The summed E-state index contributed by atoms with van der Waals surface area (Å²) in [7, 11) is -1.98. The summed E-state index contributed by atoms with van der Waals surface area (Å²) >= 11 is 0. The van der Waals surface area contributed by atoms with Crippen LogP contribution in [0.3, 0.4) is 0 Å². The van der Waals surface area contributed by atoms with Crippen molar-refractivity contribution in [1.82, 2.24) is 4.31 Å². The zero-order valence-electron chi connectivity index (χ0n) is 10.8. The molecule has 2 atom stereocenters. The fourth-order valence-corrected chi connectivity index (χ4v) is 5.00. The Morgan fingerprint density at radius 3 is 2.79 bits per heavy atom. The molecule has 2 unspecified atom stereocenters. The number of nitrogens with zero attached hydrogens (tertiary/aromatic N) is 1. The van der Waals surface area contributed by atoms with Crippen molar-refractivity contribution in [3.8, 4) is 5.75 Å². The summed E-state index contributed by atoms with van der Waals surface area (Å²) in [5.41, 5.74) is 0. The zero-order chi connectivity index (χ0) is 13.5. The molecule has 0 radical (unpaired) electrons. The Labute approximate surface area is 113 Å². The van der Waals surface area contributed by atoms with E-state index in [1.165, 1.54) is 7.11 Å². The van der Waals surface area contributed by atoms with Crippen LogP contribution in [-0.2, 0) is 10.0 Å². The highest BCUT2D eigenvalue weighted by molar-refractivity contribution is 7.89. The lowest BCUT2D eigenvalue weighted by molar-refractivity contribution is 0.337. The van der Waals surface area contributed by atoms with Crippen molar-refractivity contribution in [1.29, 1.82) is 0 Å². The number of methoxy groups -OCH3 is 1. The van der Waals surface area contributed by atoms with Crippen LogP contribution in [0.4, 0.5) is 0 Å². The Balaban J connectivity index is 2.06. The van der Waals surface area contributed by atoms with Crippen molar-refractivity contribution in [2.75, 3.05) is 7.11 Å². The summed E-state index contributed by atoms with van der Waals surface area (Å²) in [6.45, 7) is 0. The average Bonchev–Trinajstić information content (AvgIpc) is 2.70. The number of benzene rings is 1. The van der Waals surface area contributed by atoms with E-state index in [9.17, 15) is 8.42 Å². The maximum atomic E-state index is 12.8. The number of fused-ring (bicyclic) bond motifs is 2. The van der Waals surface area contributed by atoms with Crippen LogP contribution < -0.4 is 4.74 Å². The number of hydrogen-bond donors (Lipinski definition) is 0. The first-order valence-electron chi connectivity index (χ1n) is 6.48. The summed E-state index contributed by atoms with van der Waals surface area (Å²) in [5, 5.41) is 0. The molecule has 1 aromatic rings. The topological polar surface area (TPSA) is 46.6 Å². The molecule has 0 amide bonds. The number of para-hydroxylation sites is 1. The molecule has 102 valence electrons. The first-order chi connectivity index (χ1) is 9.14. The quantitative estimate of drug-likeness (QED) is 0.797. The fourth-order valence-electron chi connectivity index (χ4n) is 3.00. The molecule has 0 saturated carbocycles. The van der Waals surface area contributed by atoms with Gasteiger partial charge in [0.25, 0.3) is 0 Å². The Kier molecular flexibility index (Phi) is 3.11. The Bertz CT molecular complexity index is 609. The van der Waals surface area contributed by atoms with Gasteiger partial charge in [-0.1, -0.05) is 24.3 Å². The van der Waals surface area contributed by atoms with Crippen molar-refractivity contribution in [2.45, 2.75) is 36.2 Å². The van der Waals surface area contributed by atoms with E-state index in [4.69, 9.17) is 4.74 Å². The molecule has 5 heteroatoms. The minimum atomic E-state index is -3.48. The molecular formula is C14H17NO3S. The molecule has 0 aliphatic carbocycles. The molecule has 1 aromatic carbocycles. The first kappa shape index (κ1) is 12.7. The van der Waals surface area contributed by atoms with Crippen LogP contribution in [0.2, 0.25) is 0 Å². The Hall–Kier alpha value is -1.33. The molecule has 3 rings (SSSR count). The molecule has 0 N–H and O–H groups in total. The lowest BCUT2D eigenvalue weighted by Gasteiger charge is -2.30. The second kappa shape index (κ2) is 4.65. The highest BCUT2D eigenvalue weighted by atomic mass is 32.2. The lowest BCUT2D eigenvalue weighted by atomic mass is 10.2. The average molecular weight is 279 g/mol. The van der Waals surface area contributed by atoms with E-state index in [2.05, 4.69) is 6.08 Å². The van der Waals surface area contributed by atoms with E-state index < -0.39 is 10.0 Å². The van der Waals surface area contributed by atoms with Gasteiger partial charge in [0, 0.05) is 12.1 Å². The van der Waals surface area contributed by atoms with Gasteiger partial charge < -0.3 is 4.74 Å². The van der Waals surface area contributed by atoms with Crippen molar-refractivity contribution >= 4 is 10.0 Å². The molecule has 19 heavy (non-hydrogen) atoms. The molecule has 0 aromatic heterocycles. The zero-order valence-corrected chi connectivity index (χ0v) is 11.6. The largest absolute Gasteiger partial charge is 0.495 e. The van der Waals surface area contributed by atoms with Gasteiger partial charge in [0.1, 0.15) is 10.6 Å². The minimum Gasteiger partial charge on any atom is -0.495 e. The van der Waals surface area contributed by atoms with Crippen LogP contribution in [0, 0.1) is 0 Å². The van der Waals surface area contributed by atoms with Crippen molar-refractivity contribution in [3.63, 3.8) is 0 Å². The summed E-state index contributed by atoms with van der Waals surface area (Å²) in [6, 6.07) is 6.93. The van der Waals surface area contributed by atoms with Gasteiger partial charge in [-0.3, -0.25) is 0 Å². The van der Waals surface area contributed by atoms with E-state index in [1.54, 1.807) is 28.6 Å². The third-order valence-electron chi connectivity index (χ3n) is 3.87. The van der Waals surface area contributed by atoms with Crippen LogP contribution in [0.25, 0.3) is 0 Å². The first-order valence-corrected chi connectivity index (χ1v) is 7.92. The maximum Gasteiger partial charge on any atom is 0.247 e. The predicted molar refractivity (Wildman–Crippen MR) is 72.6 cm³/mol. The van der Waals surface area contributed by atoms with Crippen LogP contribution in [0.5, 0.6) is 5.75 Å². The molecule has 2 bridgehead atoms. The summed E-state index contributed by atoms with van der Waals surface area (Å²) in [5.74, 6) is 0.413. The van der Waals surface area contributed by atoms with Gasteiger partial charge in [-0.05, 0) is 31.4 Å². The normalized spacial score (nSPS) is 26.6. The minimum absolute atomic E-state index is 0.00802. The van der Waals surface area contributed by atoms with Gasteiger partial charge in [-0.15, -0.1) is 0 Å². The summed E-state index contributed by atoms with van der Waals surface area (Å²) in [6.07, 6.45) is 6.76. The van der Waals surface area contributed by atoms with Crippen LogP contribution in [-0.4, -0.2) is 31.9 Å². The molecule has 2 heterocycles. The van der Waals surface area contributed by atoms with Gasteiger partial charge in [0.15, 0.2) is 0 Å². The monoisotopic (exact) mass is 279 g/mol. The van der Waals surface area contributed by atoms with Crippen LogP contribution >= 0.6 is 0 Å². The smallest absolute Gasteiger partial charge is 0.247 e. The second-order valence-electron chi connectivity index (χ2n) is 4.95. The summed E-state index contributed by atoms with van der Waals surface area (Å²) < 4.78 is 32.5. The van der Waals surface area contributed by atoms with Crippen LogP contribution in [0.15, 0.2) is 41.3 Å². The second-order valence-corrected chi connectivity index (χ2v) is 6.76. The van der Waals surface area contributed by atoms with Crippen molar-refractivity contribution in [3.05, 3.63) is 36.4 Å². The molecule has 0 spiro atoms. The van der Waals surface area contributed by atoms with E-state index in [0.717, 1.165) is 19.3 Å². The highest BCUT2D eigenvalue weighted by Gasteiger charge is 2.43. The molecule has 1 fully saturated rings. The van der Waals surface area contributed by atoms with Gasteiger partial charge >= 0.3 is 0 Å². The fraction of sp³-hybridized carbons (Fsp3) is 0.429. The predicted octanol–water partition coefficient (Wildman–Crippen LogP) is 2.18. The molecule has 2 aliphatic rings. The molecule has 1 saturated heterocycles. The molecule has 2 aliphatic heterocycles. The molecule has 4 nitrogen and oxygen atoms in total. The van der Waals surface area contributed by atoms with E-state index >= 15 is 0 Å². The van der Waals surface area contributed by atoms with E-state index in [1.807, 2.05) is 6.08 Å². The van der Waals surface area contributed by atoms with E-state index in [0.29, 0.717) is 5.75 Å². The maximum absolute atomic E-state index is 12.8. The standard InChI is InChI=1S/C14H17NO3S/c1-18-13-7-2-3-8-14(13)19(16,17)15-11-5-4-6-12(15)10-9-11/h2-5,7-8,11-12H,6,9-10H2,1H3. The number of rotatable bonds is 3. The molecular weight excluding hydrogens is 262 g/mol. The number of hydrogen-bond acceptors (Lipinski definition) is 3. The van der Waals surface area contributed by atoms with Crippen molar-refractivity contribution in [2.24, 2.45) is 0 Å². The van der Waals surface area contributed by atoms with Crippen molar-refractivity contribution < 1.29 is 13.2 Å². The SMILES string of the molecule is COc1ccccc1S(=O)(=O)N1C2C=CCC1CC2. The van der Waals surface area contributed by atoms with Gasteiger partial charge in [-0.2, -0.15) is 4.31 Å². The Morgan fingerprint density at radius 1 is 1.26 bits per heavy atom. The van der Waals surface area contributed by atoms with Gasteiger partial charge in [0.05, 0.1) is 7.11 Å². The number of sulfonamides is 1.